The van der Waals surface area contributed by atoms with Gasteiger partial charge in [-0.25, -0.2) is 8.42 Å². The minimum Gasteiger partial charge on any atom is -0.468 e. The molecule has 0 spiro atoms. The first kappa shape index (κ1) is 14.4. The average Bonchev–Trinajstić information content (AvgIpc) is 2.36. The third kappa shape index (κ3) is 2.59. The molecule has 0 bridgehead atoms. The number of ether oxygens (including phenoxy) is 1. The summed E-state index contributed by atoms with van der Waals surface area (Å²) in [4.78, 5) is 21.9. The van der Waals surface area contributed by atoms with E-state index in [-0.39, 0.29) is 4.90 Å². The van der Waals surface area contributed by atoms with Crippen LogP contribution in [0.5, 0.6) is 0 Å². The molecular formula is C12H14O5S. The lowest BCUT2D eigenvalue weighted by atomic mass is 10.2. The Morgan fingerprint density at radius 1 is 1.39 bits per heavy atom. The Kier molecular flexibility index (Phi) is 4.24. The summed E-state index contributed by atoms with van der Waals surface area (Å²) in [5, 5.41) is -1.27. The summed E-state index contributed by atoms with van der Waals surface area (Å²) in [6, 6.07) is 4.19. The highest BCUT2D eigenvalue weighted by atomic mass is 32.2. The van der Waals surface area contributed by atoms with Gasteiger partial charge in [0.2, 0.25) is 0 Å². The largest absolute Gasteiger partial charge is 0.468 e. The van der Waals surface area contributed by atoms with Gasteiger partial charge in [0.05, 0.1) is 12.0 Å². The molecule has 1 aromatic rings. The molecule has 0 amide bonds. The number of benzene rings is 1. The third-order valence-electron chi connectivity index (χ3n) is 2.64. The lowest BCUT2D eigenvalue weighted by Gasteiger charge is -2.13. The number of carbonyl (C=O) groups is 2. The lowest BCUT2D eigenvalue weighted by molar-refractivity contribution is -0.139. The summed E-state index contributed by atoms with van der Waals surface area (Å²) in [5.74, 6) is -0.811. The van der Waals surface area contributed by atoms with Crippen molar-refractivity contribution in [1.82, 2.24) is 0 Å². The second kappa shape index (κ2) is 5.30. The summed E-state index contributed by atoms with van der Waals surface area (Å²) in [6.45, 7) is 2.85. The second-order valence-electron chi connectivity index (χ2n) is 3.85. The number of hydrogen-bond donors (Lipinski definition) is 0. The van der Waals surface area contributed by atoms with E-state index in [1.807, 2.05) is 0 Å². The molecule has 0 aliphatic heterocycles. The van der Waals surface area contributed by atoms with Crippen LogP contribution in [0.25, 0.3) is 0 Å². The van der Waals surface area contributed by atoms with Gasteiger partial charge in [0.1, 0.15) is 6.29 Å². The van der Waals surface area contributed by atoms with Crippen LogP contribution in [-0.2, 0) is 19.4 Å². The molecule has 1 aromatic carbocycles. The van der Waals surface area contributed by atoms with Gasteiger partial charge >= 0.3 is 5.97 Å². The molecule has 6 heteroatoms. The number of methoxy groups -OCH3 is 1. The van der Waals surface area contributed by atoms with Crippen LogP contribution < -0.4 is 0 Å². The predicted octanol–water partition coefficient (Wildman–Crippen LogP) is 1.14. The average molecular weight is 270 g/mol. The van der Waals surface area contributed by atoms with Crippen molar-refractivity contribution in [2.45, 2.75) is 24.0 Å². The molecule has 0 N–H and O–H groups in total. The maximum Gasteiger partial charge on any atom is 0.324 e. The van der Waals surface area contributed by atoms with Crippen LogP contribution in [0.1, 0.15) is 22.8 Å². The molecule has 18 heavy (non-hydrogen) atoms. The molecule has 0 aliphatic carbocycles. The van der Waals surface area contributed by atoms with Crippen LogP contribution in [0.2, 0.25) is 0 Å². The van der Waals surface area contributed by atoms with E-state index in [0.717, 1.165) is 7.11 Å². The fourth-order valence-electron chi connectivity index (χ4n) is 1.55. The number of esters is 1. The summed E-state index contributed by atoms with van der Waals surface area (Å²) in [5.41, 5.74) is 0.813. The molecule has 0 fully saturated rings. The SMILES string of the molecule is COC(=O)C(C)S(=O)(=O)c1ccc(C=O)cc1C. The van der Waals surface area contributed by atoms with Gasteiger partial charge in [0.25, 0.3) is 0 Å². The Morgan fingerprint density at radius 2 is 2.00 bits per heavy atom. The van der Waals surface area contributed by atoms with Crippen molar-refractivity contribution in [3.8, 4) is 0 Å². The maximum absolute atomic E-state index is 12.2. The smallest absolute Gasteiger partial charge is 0.324 e. The zero-order chi connectivity index (χ0) is 13.9. The van der Waals surface area contributed by atoms with Crippen molar-refractivity contribution in [3.05, 3.63) is 29.3 Å². The van der Waals surface area contributed by atoms with Gasteiger partial charge in [0.15, 0.2) is 15.1 Å². The molecule has 5 nitrogen and oxygen atoms in total. The molecule has 98 valence electrons. The minimum absolute atomic E-state index is 0.0333. The standard InChI is InChI=1S/C12H14O5S/c1-8-6-10(7-13)4-5-11(8)18(15,16)9(2)12(14)17-3/h4-7,9H,1-3H3. The van der Waals surface area contributed by atoms with Crippen LogP contribution in [0.3, 0.4) is 0 Å². The molecule has 0 aliphatic rings. The van der Waals surface area contributed by atoms with Crippen LogP contribution in [-0.4, -0.2) is 33.0 Å². The van der Waals surface area contributed by atoms with E-state index in [4.69, 9.17) is 0 Å². The summed E-state index contributed by atoms with van der Waals surface area (Å²) < 4.78 is 28.8. The number of aryl methyl sites for hydroxylation is 1. The van der Waals surface area contributed by atoms with Crippen LogP contribution >= 0.6 is 0 Å². The van der Waals surface area contributed by atoms with Gasteiger partial charge in [0, 0.05) is 5.56 Å². The van der Waals surface area contributed by atoms with Gasteiger partial charge < -0.3 is 4.74 Å². The fourth-order valence-corrected chi connectivity index (χ4v) is 3.04. The second-order valence-corrected chi connectivity index (χ2v) is 6.09. The highest BCUT2D eigenvalue weighted by Crippen LogP contribution is 2.21. The number of aldehydes is 1. The zero-order valence-corrected chi connectivity index (χ0v) is 11.2. The molecule has 0 saturated carbocycles. The zero-order valence-electron chi connectivity index (χ0n) is 10.3. The van der Waals surface area contributed by atoms with Gasteiger partial charge in [-0.15, -0.1) is 0 Å². The van der Waals surface area contributed by atoms with E-state index >= 15 is 0 Å². The Hall–Kier alpha value is -1.69. The van der Waals surface area contributed by atoms with Crippen LogP contribution in [0.4, 0.5) is 0 Å². The number of hydrogen-bond acceptors (Lipinski definition) is 5. The van der Waals surface area contributed by atoms with Crippen molar-refractivity contribution in [3.63, 3.8) is 0 Å². The molecule has 0 aromatic heterocycles. The topological polar surface area (TPSA) is 77.5 Å². The van der Waals surface area contributed by atoms with Crippen molar-refractivity contribution in [1.29, 1.82) is 0 Å². The monoisotopic (exact) mass is 270 g/mol. The van der Waals surface area contributed by atoms with Crippen LogP contribution in [0, 0.1) is 6.92 Å². The predicted molar refractivity (Wildman–Crippen MR) is 65.2 cm³/mol. The normalized spacial score (nSPS) is 12.8. The van der Waals surface area contributed by atoms with Crippen LogP contribution in [0.15, 0.2) is 23.1 Å². The van der Waals surface area contributed by atoms with E-state index in [0.29, 0.717) is 17.4 Å². The maximum atomic E-state index is 12.2. The first-order valence-corrected chi connectivity index (χ1v) is 6.76. The summed E-state index contributed by atoms with van der Waals surface area (Å²) in [7, 11) is -2.66. The summed E-state index contributed by atoms with van der Waals surface area (Å²) in [6.07, 6.45) is 0.632. The van der Waals surface area contributed by atoms with Crippen molar-refractivity contribution >= 4 is 22.1 Å². The third-order valence-corrected chi connectivity index (χ3v) is 4.83. The minimum atomic E-state index is -3.80. The Morgan fingerprint density at radius 3 is 2.44 bits per heavy atom. The fraction of sp³-hybridized carbons (Fsp3) is 0.333. The van der Waals surface area contributed by atoms with Crippen molar-refractivity contribution in [2.75, 3.05) is 7.11 Å². The molecule has 1 unspecified atom stereocenters. The van der Waals surface area contributed by atoms with Gasteiger partial charge in [-0.2, -0.15) is 0 Å². The Balaban J connectivity index is 3.29. The molecular weight excluding hydrogens is 256 g/mol. The Labute approximate surface area is 106 Å². The quantitative estimate of drug-likeness (QED) is 0.605. The molecule has 0 radical (unpaired) electrons. The number of rotatable bonds is 4. The van der Waals surface area contributed by atoms with Gasteiger partial charge in [-0.3, -0.25) is 9.59 Å². The van der Waals surface area contributed by atoms with Crippen molar-refractivity contribution in [2.24, 2.45) is 0 Å². The molecule has 1 rings (SSSR count). The van der Waals surface area contributed by atoms with E-state index < -0.39 is 21.1 Å². The first-order chi connectivity index (χ1) is 8.34. The summed E-state index contributed by atoms with van der Waals surface area (Å²) >= 11 is 0. The van der Waals surface area contributed by atoms with E-state index in [1.165, 1.54) is 25.1 Å². The number of carbonyl (C=O) groups excluding carboxylic acids is 2. The van der Waals surface area contributed by atoms with Crippen molar-refractivity contribution < 1.29 is 22.7 Å². The van der Waals surface area contributed by atoms with Gasteiger partial charge in [-0.05, 0) is 31.5 Å². The first-order valence-electron chi connectivity index (χ1n) is 5.22. The molecule has 0 saturated heterocycles. The Bertz CT molecular complexity index is 574. The molecule has 0 heterocycles. The molecule has 1 atom stereocenters. The van der Waals surface area contributed by atoms with E-state index in [1.54, 1.807) is 6.92 Å². The van der Waals surface area contributed by atoms with E-state index in [2.05, 4.69) is 4.74 Å². The highest BCUT2D eigenvalue weighted by Gasteiger charge is 2.31. The number of sulfone groups is 1. The van der Waals surface area contributed by atoms with Gasteiger partial charge in [-0.1, -0.05) is 6.07 Å². The highest BCUT2D eigenvalue weighted by molar-refractivity contribution is 7.92. The van der Waals surface area contributed by atoms with E-state index in [9.17, 15) is 18.0 Å². The lowest BCUT2D eigenvalue weighted by Crippen LogP contribution is -2.29.